The molecule has 3 rings (SSSR count). The summed E-state index contributed by atoms with van der Waals surface area (Å²) in [4.78, 5) is 27.6. The molecule has 2 aliphatic heterocycles. The van der Waals surface area contributed by atoms with Crippen LogP contribution < -0.4 is 0 Å². The van der Waals surface area contributed by atoms with Crippen LogP contribution in [-0.2, 0) is 19.1 Å². The van der Waals surface area contributed by atoms with E-state index in [2.05, 4.69) is 6.92 Å². The smallest absolute Gasteiger partial charge is 0.335 e. The maximum absolute atomic E-state index is 12.8. The van der Waals surface area contributed by atoms with Gasteiger partial charge in [0.1, 0.15) is 0 Å². The predicted octanol–water partition coefficient (Wildman–Crippen LogP) is 2.49. The number of benzene rings is 1. The van der Waals surface area contributed by atoms with Gasteiger partial charge in [0.25, 0.3) is 0 Å². The Hall–Kier alpha value is -1.53. The third-order valence-electron chi connectivity index (χ3n) is 4.78. The Morgan fingerprint density at radius 3 is 2.75 bits per heavy atom. The third-order valence-corrected chi connectivity index (χ3v) is 5.78. The second-order valence-electron chi connectivity index (χ2n) is 6.32. The van der Waals surface area contributed by atoms with E-state index in [0.29, 0.717) is 12.2 Å². The van der Waals surface area contributed by atoms with Crippen LogP contribution in [0.25, 0.3) is 0 Å². The third kappa shape index (κ3) is 3.59. The SMILES string of the molecule is COC(=O)[C@@H]1C[C@@H]2[C@H](CC[C@H](C)N2C(=O)CSc2ccccc2)O1. The Kier molecular flexibility index (Phi) is 5.46. The molecular formula is C18H23NO4S. The van der Waals surface area contributed by atoms with Crippen molar-refractivity contribution in [3.8, 4) is 0 Å². The maximum Gasteiger partial charge on any atom is 0.335 e. The molecule has 5 nitrogen and oxygen atoms in total. The molecule has 0 N–H and O–H groups in total. The van der Waals surface area contributed by atoms with Crippen molar-refractivity contribution in [3.63, 3.8) is 0 Å². The first kappa shape index (κ1) is 17.3. The molecule has 4 atom stereocenters. The van der Waals surface area contributed by atoms with E-state index in [1.807, 2.05) is 35.2 Å². The number of ether oxygens (including phenoxy) is 2. The van der Waals surface area contributed by atoms with E-state index >= 15 is 0 Å². The van der Waals surface area contributed by atoms with Crippen molar-refractivity contribution >= 4 is 23.6 Å². The summed E-state index contributed by atoms with van der Waals surface area (Å²) in [5.74, 6) is 0.170. The highest BCUT2D eigenvalue weighted by atomic mass is 32.2. The van der Waals surface area contributed by atoms with E-state index in [-0.39, 0.29) is 30.1 Å². The van der Waals surface area contributed by atoms with Gasteiger partial charge in [-0.2, -0.15) is 0 Å². The van der Waals surface area contributed by atoms with E-state index in [9.17, 15) is 9.59 Å². The van der Waals surface area contributed by atoms with Crippen LogP contribution in [0.15, 0.2) is 35.2 Å². The van der Waals surface area contributed by atoms with Crippen LogP contribution in [0.3, 0.4) is 0 Å². The number of amides is 1. The highest BCUT2D eigenvalue weighted by molar-refractivity contribution is 8.00. The zero-order valence-corrected chi connectivity index (χ0v) is 14.8. The van der Waals surface area contributed by atoms with Gasteiger partial charge < -0.3 is 14.4 Å². The van der Waals surface area contributed by atoms with Gasteiger partial charge in [-0.15, -0.1) is 11.8 Å². The van der Waals surface area contributed by atoms with Crippen molar-refractivity contribution < 1.29 is 19.1 Å². The largest absolute Gasteiger partial charge is 0.467 e. The van der Waals surface area contributed by atoms with Crippen LogP contribution in [0.4, 0.5) is 0 Å². The van der Waals surface area contributed by atoms with Gasteiger partial charge in [0, 0.05) is 17.4 Å². The zero-order valence-electron chi connectivity index (χ0n) is 14.0. The molecule has 0 radical (unpaired) electrons. The lowest BCUT2D eigenvalue weighted by molar-refractivity contribution is -0.153. The van der Waals surface area contributed by atoms with Gasteiger partial charge in [0.05, 0.1) is 25.0 Å². The molecule has 0 saturated carbocycles. The van der Waals surface area contributed by atoms with Gasteiger partial charge in [-0.3, -0.25) is 4.79 Å². The molecule has 24 heavy (non-hydrogen) atoms. The molecule has 0 spiro atoms. The number of piperidine rings is 1. The van der Waals surface area contributed by atoms with Crippen molar-refractivity contribution in [2.75, 3.05) is 12.9 Å². The molecule has 0 unspecified atom stereocenters. The first-order valence-electron chi connectivity index (χ1n) is 8.32. The highest BCUT2D eigenvalue weighted by Crippen LogP contribution is 2.36. The Labute approximate surface area is 146 Å². The van der Waals surface area contributed by atoms with E-state index < -0.39 is 6.10 Å². The maximum atomic E-state index is 12.8. The van der Waals surface area contributed by atoms with Gasteiger partial charge in [0.2, 0.25) is 5.91 Å². The second kappa shape index (κ2) is 7.57. The number of methoxy groups -OCH3 is 1. The Balaban J connectivity index is 1.66. The number of nitrogens with zero attached hydrogens (tertiary/aromatic N) is 1. The average Bonchev–Trinajstić information content (AvgIpc) is 3.04. The van der Waals surface area contributed by atoms with Crippen LogP contribution in [0, 0.1) is 0 Å². The summed E-state index contributed by atoms with van der Waals surface area (Å²) in [6, 6.07) is 10.1. The van der Waals surface area contributed by atoms with Gasteiger partial charge >= 0.3 is 5.97 Å². The quantitative estimate of drug-likeness (QED) is 0.617. The first-order chi connectivity index (χ1) is 11.6. The summed E-state index contributed by atoms with van der Waals surface area (Å²) in [6.07, 6.45) is 1.71. The number of carbonyl (C=O) groups excluding carboxylic acids is 2. The van der Waals surface area contributed by atoms with Crippen molar-refractivity contribution in [1.29, 1.82) is 0 Å². The van der Waals surface area contributed by atoms with E-state index in [0.717, 1.165) is 17.7 Å². The molecule has 0 aliphatic carbocycles. The van der Waals surface area contributed by atoms with Crippen molar-refractivity contribution in [2.45, 2.75) is 55.4 Å². The lowest BCUT2D eigenvalue weighted by Crippen LogP contribution is -2.53. The topological polar surface area (TPSA) is 55.8 Å². The number of rotatable bonds is 4. The van der Waals surface area contributed by atoms with E-state index in [4.69, 9.17) is 9.47 Å². The molecule has 2 aliphatic rings. The summed E-state index contributed by atoms with van der Waals surface area (Å²) in [5, 5.41) is 0. The Morgan fingerprint density at radius 2 is 2.04 bits per heavy atom. The normalized spacial score (nSPS) is 29.2. The van der Waals surface area contributed by atoms with Gasteiger partial charge in [-0.05, 0) is 31.9 Å². The molecule has 1 aromatic carbocycles. The van der Waals surface area contributed by atoms with Crippen LogP contribution in [0.5, 0.6) is 0 Å². The monoisotopic (exact) mass is 349 g/mol. The fourth-order valence-electron chi connectivity index (χ4n) is 3.60. The molecule has 6 heteroatoms. The number of fused-ring (bicyclic) bond motifs is 1. The second-order valence-corrected chi connectivity index (χ2v) is 7.37. The molecule has 130 valence electrons. The molecule has 1 amide bonds. The molecule has 0 bridgehead atoms. The van der Waals surface area contributed by atoms with Crippen LogP contribution in [-0.4, -0.2) is 53.9 Å². The van der Waals surface area contributed by atoms with Crippen molar-refractivity contribution in [1.82, 2.24) is 4.90 Å². The van der Waals surface area contributed by atoms with Gasteiger partial charge in [0.15, 0.2) is 6.10 Å². The fourth-order valence-corrected chi connectivity index (χ4v) is 4.39. The van der Waals surface area contributed by atoms with Gasteiger partial charge in [-0.25, -0.2) is 4.79 Å². The van der Waals surface area contributed by atoms with Crippen LogP contribution in [0.1, 0.15) is 26.2 Å². The minimum Gasteiger partial charge on any atom is -0.467 e. The summed E-state index contributed by atoms with van der Waals surface area (Å²) < 4.78 is 10.6. The molecule has 2 saturated heterocycles. The fraction of sp³-hybridized carbons (Fsp3) is 0.556. The minimum absolute atomic E-state index is 0.0262. The summed E-state index contributed by atoms with van der Waals surface area (Å²) in [6.45, 7) is 2.08. The summed E-state index contributed by atoms with van der Waals surface area (Å²) >= 11 is 1.55. The highest BCUT2D eigenvalue weighted by Gasteiger charge is 2.47. The number of hydrogen-bond donors (Lipinski definition) is 0. The summed E-state index contributed by atoms with van der Waals surface area (Å²) in [5.41, 5.74) is 0. The number of likely N-dealkylation sites (tertiary alicyclic amines) is 1. The van der Waals surface area contributed by atoms with Crippen LogP contribution >= 0.6 is 11.8 Å². The molecule has 2 fully saturated rings. The van der Waals surface area contributed by atoms with E-state index in [1.54, 1.807) is 11.8 Å². The lowest BCUT2D eigenvalue weighted by atomic mass is 9.92. The molecule has 1 aromatic rings. The van der Waals surface area contributed by atoms with Crippen molar-refractivity contribution in [3.05, 3.63) is 30.3 Å². The van der Waals surface area contributed by atoms with Crippen LogP contribution in [0.2, 0.25) is 0 Å². The Bertz CT molecular complexity index is 594. The molecule has 0 aromatic heterocycles. The minimum atomic E-state index is -0.549. The van der Waals surface area contributed by atoms with E-state index in [1.165, 1.54) is 7.11 Å². The summed E-state index contributed by atoms with van der Waals surface area (Å²) in [7, 11) is 1.37. The average molecular weight is 349 g/mol. The molecular weight excluding hydrogens is 326 g/mol. The van der Waals surface area contributed by atoms with Crippen molar-refractivity contribution in [2.24, 2.45) is 0 Å². The Morgan fingerprint density at radius 1 is 1.29 bits per heavy atom. The number of thioether (sulfide) groups is 1. The number of carbonyl (C=O) groups is 2. The number of esters is 1. The number of hydrogen-bond acceptors (Lipinski definition) is 5. The first-order valence-corrected chi connectivity index (χ1v) is 9.31. The van der Waals surface area contributed by atoms with Gasteiger partial charge in [-0.1, -0.05) is 18.2 Å². The molecule has 2 heterocycles. The zero-order chi connectivity index (χ0) is 17.1. The standard InChI is InChI=1S/C18H23NO4S/c1-12-8-9-15-14(10-16(23-15)18(21)22-2)19(12)17(20)11-24-13-6-4-3-5-7-13/h3-7,12,14-16H,8-11H2,1-2H3/t12-,14+,15-,16-/m0/s1. The lowest BCUT2D eigenvalue weighted by Gasteiger charge is -2.41. The predicted molar refractivity (Wildman–Crippen MR) is 91.8 cm³/mol.